The predicted octanol–water partition coefficient (Wildman–Crippen LogP) is 4.19. The van der Waals surface area contributed by atoms with E-state index in [1.54, 1.807) is 0 Å². The van der Waals surface area contributed by atoms with Crippen LogP contribution >= 0.6 is 7.82 Å². The van der Waals surface area contributed by atoms with Crippen LogP contribution < -0.4 is 0 Å². The van der Waals surface area contributed by atoms with Crippen molar-refractivity contribution in [1.29, 1.82) is 0 Å². The van der Waals surface area contributed by atoms with E-state index < -0.39 is 7.82 Å². The molecule has 4 nitrogen and oxygen atoms in total. The van der Waals surface area contributed by atoms with Crippen LogP contribution in [0.5, 0.6) is 0 Å². The molecule has 4 rings (SSSR count). The maximum atomic E-state index is 10.9. The highest BCUT2D eigenvalue weighted by molar-refractivity contribution is 7.46. The molecule has 0 bridgehead atoms. The Bertz CT molecular complexity index is 1020. The van der Waals surface area contributed by atoms with Gasteiger partial charge in [-0.15, -0.1) is 0 Å². The van der Waals surface area contributed by atoms with Crippen molar-refractivity contribution in [2.45, 2.75) is 6.61 Å². The fraction of sp³-hybridized carbons (Fsp3) is 0.0588. The molecule has 0 aliphatic carbocycles. The standard InChI is InChI=1S/C17H13O4P/c18-22(19,20)21-10-14-7-6-13-5-4-11-2-1-3-12-8-9-15(14)17(13)16(11)12/h1-9H,10H2,(H2,18,19,20). The van der Waals surface area contributed by atoms with Gasteiger partial charge in [-0.1, -0.05) is 54.6 Å². The number of hydrogen-bond acceptors (Lipinski definition) is 2. The fourth-order valence-corrected chi connectivity index (χ4v) is 3.38. The van der Waals surface area contributed by atoms with Gasteiger partial charge in [-0.25, -0.2) is 4.57 Å². The molecule has 5 heteroatoms. The number of phosphoric acid groups is 1. The van der Waals surface area contributed by atoms with Crippen molar-refractivity contribution in [3.05, 3.63) is 60.2 Å². The molecule has 0 spiro atoms. The first-order valence-corrected chi connectivity index (χ1v) is 8.41. The minimum absolute atomic E-state index is 0.113. The molecule has 0 radical (unpaired) electrons. The third-order valence-electron chi connectivity index (χ3n) is 4.01. The third-order valence-corrected chi connectivity index (χ3v) is 4.47. The smallest absolute Gasteiger partial charge is 0.303 e. The van der Waals surface area contributed by atoms with Gasteiger partial charge in [0.2, 0.25) is 0 Å². The van der Waals surface area contributed by atoms with Gasteiger partial charge in [0, 0.05) is 0 Å². The van der Waals surface area contributed by atoms with Gasteiger partial charge < -0.3 is 9.79 Å². The van der Waals surface area contributed by atoms with Gasteiger partial charge in [-0.05, 0) is 37.9 Å². The monoisotopic (exact) mass is 312 g/mol. The van der Waals surface area contributed by atoms with E-state index in [2.05, 4.69) is 28.8 Å². The minimum atomic E-state index is -4.48. The normalized spacial score (nSPS) is 12.6. The second-order valence-electron chi connectivity index (χ2n) is 5.34. The molecule has 0 unspecified atom stereocenters. The van der Waals surface area contributed by atoms with Crippen LogP contribution in [0.15, 0.2) is 54.6 Å². The van der Waals surface area contributed by atoms with Gasteiger partial charge in [0.05, 0.1) is 6.61 Å². The highest BCUT2D eigenvalue weighted by Crippen LogP contribution is 2.40. The van der Waals surface area contributed by atoms with Gasteiger partial charge in [0.25, 0.3) is 0 Å². The minimum Gasteiger partial charge on any atom is -0.303 e. The first-order chi connectivity index (χ1) is 10.5. The average molecular weight is 312 g/mol. The Kier molecular flexibility index (Phi) is 2.96. The summed E-state index contributed by atoms with van der Waals surface area (Å²) in [6, 6.07) is 18.2. The molecule has 4 aromatic rings. The summed E-state index contributed by atoms with van der Waals surface area (Å²) in [6.07, 6.45) is 0. The molecule has 0 aliphatic heterocycles. The van der Waals surface area contributed by atoms with Gasteiger partial charge >= 0.3 is 7.82 Å². The van der Waals surface area contributed by atoms with E-state index in [1.165, 1.54) is 5.39 Å². The number of phosphoric ester groups is 1. The molecule has 0 aliphatic rings. The summed E-state index contributed by atoms with van der Waals surface area (Å²) >= 11 is 0. The van der Waals surface area contributed by atoms with Crippen molar-refractivity contribution in [2.24, 2.45) is 0 Å². The Morgan fingerprint density at radius 1 is 0.818 bits per heavy atom. The summed E-state index contributed by atoms with van der Waals surface area (Å²) in [5.74, 6) is 0. The molecule has 0 aromatic heterocycles. The first kappa shape index (κ1) is 13.7. The molecule has 110 valence electrons. The van der Waals surface area contributed by atoms with Crippen molar-refractivity contribution in [1.82, 2.24) is 0 Å². The second kappa shape index (κ2) is 4.77. The lowest BCUT2D eigenvalue weighted by Crippen LogP contribution is -1.93. The quantitative estimate of drug-likeness (QED) is 0.439. The zero-order valence-corrected chi connectivity index (χ0v) is 12.5. The number of benzene rings is 4. The van der Waals surface area contributed by atoms with E-state index in [9.17, 15) is 4.57 Å². The Balaban J connectivity index is 2.02. The zero-order valence-electron chi connectivity index (χ0n) is 11.6. The number of rotatable bonds is 3. The van der Waals surface area contributed by atoms with Crippen LogP contribution in [0.4, 0.5) is 0 Å². The molecule has 0 amide bonds. The molecule has 0 fully saturated rings. The lowest BCUT2D eigenvalue weighted by atomic mass is 9.92. The molecular formula is C17H13O4P. The van der Waals surface area contributed by atoms with E-state index in [-0.39, 0.29) is 6.61 Å². The lowest BCUT2D eigenvalue weighted by molar-refractivity contribution is 0.189. The maximum Gasteiger partial charge on any atom is 0.469 e. The predicted molar refractivity (Wildman–Crippen MR) is 87.0 cm³/mol. The summed E-state index contributed by atoms with van der Waals surface area (Å²) in [5.41, 5.74) is 0.772. The van der Waals surface area contributed by atoms with E-state index in [1.807, 2.05) is 30.3 Å². The summed E-state index contributed by atoms with van der Waals surface area (Å²) < 4.78 is 15.6. The van der Waals surface area contributed by atoms with Gasteiger partial charge in [0.15, 0.2) is 0 Å². The van der Waals surface area contributed by atoms with Crippen LogP contribution in [0.2, 0.25) is 0 Å². The van der Waals surface area contributed by atoms with Crippen LogP contribution in [-0.2, 0) is 15.7 Å². The Hall–Kier alpha value is -1.97. The molecule has 0 atom stereocenters. The maximum absolute atomic E-state index is 10.9. The van der Waals surface area contributed by atoms with Crippen LogP contribution in [0.3, 0.4) is 0 Å². The van der Waals surface area contributed by atoms with E-state index in [0.29, 0.717) is 0 Å². The topological polar surface area (TPSA) is 66.8 Å². The van der Waals surface area contributed by atoms with Crippen molar-refractivity contribution >= 4 is 40.1 Å². The highest BCUT2D eigenvalue weighted by atomic mass is 31.2. The largest absolute Gasteiger partial charge is 0.469 e. The summed E-state index contributed by atoms with van der Waals surface area (Å²) in [6.45, 7) is -0.113. The molecular weight excluding hydrogens is 299 g/mol. The van der Waals surface area contributed by atoms with Gasteiger partial charge in [-0.2, -0.15) is 0 Å². The fourth-order valence-electron chi connectivity index (χ4n) is 3.08. The van der Waals surface area contributed by atoms with E-state index in [0.717, 1.165) is 32.5 Å². The SMILES string of the molecule is O=P(O)(O)OCc1ccc2ccc3cccc4ccc1c2c34. The average Bonchev–Trinajstić information content (AvgIpc) is 2.50. The number of hydrogen-bond donors (Lipinski definition) is 2. The van der Waals surface area contributed by atoms with Crippen LogP contribution in [-0.4, -0.2) is 9.79 Å². The van der Waals surface area contributed by atoms with Crippen molar-refractivity contribution in [3.8, 4) is 0 Å². The third kappa shape index (κ3) is 2.18. The Labute approximate surface area is 126 Å². The summed E-state index contributed by atoms with van der Waals surface area (Å²) in [4.78, 5) is 17.8. The van der Waals surface area contributed by atoms with Crippen LogP contribution in [0.25, 0.3) is 32.3 Å². The molecule has 4 aromatic carbocycles. The molecule has 22 heavy (non-hydrogen) atoms. The summed E-state index contributed by atoms with van der Waals surface area (Å²) in [7, 11) is -4.48. The molecule has 2 N–H and O–H groups in total. The molecule has 0 saturated carbocycles. The van der Waals surface area contributed by atoms with Gasteiger partial charge in [-0.3, -0.25) is 4.52 Å². The van der Waals surface area contributed by atoms with Crippen molar-refractivity contribution < 1.29 is 18.9 Å². The van der Waals surface area contributed by atoms with E-state index >= 15 is 0 Å². The first-order valence-electron chi connectivity index (χ1n) is 6.88. The van der Waals surface area contributed by atoms with Crippen molar-refractivity contribution in [2.75, 3.05) is 0 Å². The lowest BCUT2D eigenvalue weighted by Gasteiger charge is -2.14. The Morgan fingerprint density at radius 2 is 1.41 bits per heavy atom. The second-order valence-corrected chi connectivity index (χ2v) is 6.58. The van der Waals surface area contributed by atoms with Crippen molar-refractivity contribution in [3.63, 3.8) is 0 Å². The van der Waals surface area contributed by atoms with Gasteiger partial charge in [0.1, 0.15) is 0 Å². The van der Waals surface area contributed by atoms with Crippen LogP contribution in [0, 0.1) is 0 Å². The van der Waals surface area contributed by atoms with Crippen LogP contribution in [0.1, 0.15) is 5.56 Å². The molecule has 0 heterocycles. The molecule has 0 saturated heterocycles. The Morgan fingerprint density at radius 3 is 2.09 bits per heavy atom. The van der Waals surface area contributed by atoms with E-state index in [4.69, 9.17) is 9.79 Å². The summed E-state index contributed by atoms with van der Waals surface area (Å²) in [5, 5.41) is 6.68. The highest BCUT2D eigenvalue weighted by Gasteiger charge is 2.16. The zero-order chi connectivity index (χ0) is 15.3.